The van der Waals surface area contributed by atoms with Crippen LogP contribution in [0, 0.1) is 0 Å². The molecule has 0 aromatic carbocycles. The molecule has 0 bridgehead atoms. The highest BCUT2D eigenvalue weighted by Crippen LogP contribution is 2.19. The van der Waals surface area contributed by atoms with Crippen LogP contribution in [0.15, 0.2) is 35.4 Å². The maximum Gasteiger partial charge on any atom is 0.267 e. The van der Waals surface area contributed by atoms with Gasteiger partial charge in [0.1, 0.15) is 0 Å². The first-order valence-electron chi connectivity index (χ1n) is 9.77. The van der Waals surface area contributed by atoms with Crippen LogP contribution in [-0.2, 0) is 19.4 Å². The second-order valence-electron chi connectivity index (χ2n) is 7.33. The fourth-order valence-electron chi connectivity index (χ4n) is 4.11. The quantitative estimate of drug-likeness (QED) is 0.862. The van der Waals surface area contributed by atoms with Crippen LogP contribution in [0.3, 0.4) is 0 Å². The second-order valence-corrected chi connectivity index (χ2v) is 7.33. The molecule has 1 N–H and O–H groups in total. The van der Waals surface area contributed by atoms with E-state index in [9.17, 15) is 4.79 Å². The molecule has 0 amide bonds. The molecule has 2 aromatic rings. The molecular formula is C20H27N5O. The van der Waals surface area contributed by atoms with Crippen molar-refractivity contribution >= 4 is 5.69 Å². The fourth-order valence-corrected chi connectivity index (χ4v) is 4.11. The van der Waals surface area contributed by atoms with Gasteiger partial charge in [0.2, 0.25) is 0 Å². The fraction of sp³-hybridized carbons (Fsp3) is 0.550. The van der Waals surface area contributed by atoms with Crippen molar-refractivity contribution in [2.24, 2.45) is 0 Å². The Balaban J connectivity index is 1.37. The number of pyridine rings is 1. The van der Waals surface area contributed by atoms with E-state index in [0.29, 0.717) is 12.6 Å². The summed E-state index contributed by atoms with van der Waals surface area (Å²) in [7, 11) is 0. The topological polar surface area (TPSA) is 63.1 Å². The Morgan fingerprint density at radius 3 is 2.88 bits per heavy atom. The Kier molecular flexibility index (Phi) is 5.29. The number of hydrogen-bond acceptors (Lipinski definition) is 5. The van der Waals surface area contributed by atoms with Gasteiger partial charge in [-0.1, -0.05) is 6.42 Å². The molecule has 1 unspecified atom stereocenters. The van der Waals surface area contributed by atoms with E-state index in [1.807, 2.05) is 24.5 Å². The molecule has 1 aliphatic carbocycles. The van der Waals surface area contributed by atoms with Crippen LogP contribution in [0.2, 0.25) is 0 Å². The summed E-state index contributed by atoms with van der Waals surface area (Å²) in [5.41, 5.74) is 3.44. The normalized spacial score (nSPS) is 20.1. The van der Waals surface area contributed by atoms with Gasteiger partial charge in [0.15, 0.2) is 0 Å². The van der Waals surface area contributed by atoms with Gasteiger partial charge in [0, 0.05) is 43.3 Å². The van der Waals surface area contributed by atoms with Gasteiger partial charge < -0.3 is 5.32 Å². The van der Waals surface area contributed by atoms with Crippen LogP contribution >= 0.6 is 0 Å². The Morgan fingerprint density at radius 1 is 1.12 bits per heavy atom. The molecule has 1 atom stereocenters. The van der Waals surface area contributed by atoms with Gasteiger partial charge in [0.25, 0.3) is 5.56 Å². The number of aryl methyl sites for hydroxylation is 2. The van der Waals surface area contributed by atoms with Gasteiger partial charge in [-0.2, -0.15) is 5.10 Å². The Morgan fingerprint density at radius 2 is 2.00 bits per heavy atom. The van der Waals surface area contributed by atoms with Gasteiger partial charge in [-0.25, -0.2) is 4.68 Å². The molecular weight excluding hydrogens is 326 g/mol. The third-order valence-corrected chi connectivity index (χ3v) is 5.59. The number of rotatable bonds is 6. The Hall–Kier alpha value is -2.21. The lowest BCUT2D eigenvalue weighted by molar-refractivity contribution is 0.148. The molecule has 3 heterocycles. The van der Waals surface area contributed by atoms with Crippen LogP contribution in [0.1, 0.15) is 36.9 Å². The molecule has 1 aliphatic heterocycles. The summed E-state index contributed by atoms with van der Waals surface area (Å²) in [5, 5.41) is 8.13. The van der Waals surface area contributed by atoms with E-state index in [1.165, 1.54) is 19.3 Å². The first kappa shape index (κ1) is 17.2. The minimum Gasteiger partial charge on any atom is -0.383 e. The summed E-state index contributed by atoms with van der Waals surface area (Å²) in [6, 6.07) is 6.30. The van der Waals surface area contributed by atoms with Gasteiger partial charge in [0.05, 0.1) is 12.2 Å². The average molecular weight is 353 g/mol. The lowest BCUT2D eigenvalue weighted by Crippen LogP contribution is -2.45. The van der Waals surface area contributed by atoms with E-state index in [-0.39, 0.29) is 5.56 Å². The summed E-state index contributed by atoms with van der Waals surface area (Å²) >= 11 is 0. The number of hydrogen-bond donors (Lipinski definition) is 1. The minimum absolute atomic E-state index is 0.0501. The third-order valence-electron chi connectivity index (χ3n) is 5.59. The number of nitrogens with one attached hydrogen (secondary N) is 1. The first-order valence-corrected chi connectivity index (χ1v) is 9.77. The van der Waals surface area contributed by atoms with Crippen molar-refractivity contribution in [1.29, 1.82) is 0 Å². The summed E-state index contributed by atoms with van der Waals surface area (Å²) < 4.78 is 1.67. The molecule has 1 fully saturated rings. The lowest BCUT2D eigenvalue weighted by atomic mass is 10.0. The van der Waals surface area contributed by atoms with Crippen molar-refractivity contribution in [3.63, 3.8) is 0 Å². The third kappa shape index (κ3) is 3.96. The summed E-state index contributed by atoms with van der Waals surface area (Å²) in [6.07, 6.45) is 10.5. The van der Waals surface area contributed by atoms with E-state index >= 15 is 0 Å². The summed E-state index contributed by atoms with van der Waals surface area (Å²) in [4.78, 5) is 18.9. The van der Waals surface area contributed by atoms with Gasteiger partial charge >= 0.3 is 0 Å². The Labute approximate surface area is 154 Å². The molecule has 0 saturated carbocycles. The van der Waals surface area contributed by atoms with Gasteiger partial charge in [-0.05, 0) is 56.3 Å². The molecule has 6 nitrogen and oxygen atoms in total. The smallest absolute Gasteiger partial charge is 0.267 e. The van der Waals surface area contributed by atoms with Crippen LogP contribution in [-0.4, -0.2) is 45.3 Å². The van der Waals surface area contributed by atoms with Gasteiger partial charge in [-0.3, -0.25) is 14.7 Å². The number of piperidine rings is 1. The predicted molar refractivity (Wildman–Crippen MR) is 102 cm³/mol. The van der Waals surface area contributed by atoms with Gasteiger partial charge in [-0.15, -0.1) is 0 Å². The maximum atomic E-state index is 12.3. The predicted octanol–water partition coefficient (Wildman–Crippen LogP) is 2.09. The maximum absolute atomic E-state index is 12.3. The largest absolute Gasteiger partial charge is 0.383 e. The SMILES string of the molecule is O=c1cc2c(nn1CCN1CCCCC1CNc1ccncc1)CCC2. The first-order chi connectivity index (χ1) is 12.8. The monoisotopic (exact) mass is 353 g/mol. The van der Waals surface area contributed by atoms with Crippen molar-refractivity contribution in [2.75, 3.05) is 25.0 Å². The van der Waals surface area contributed by atoms with E-state index in [0.717, 1.165) is 55.8 Å². The van der Waals surface area contributed by atoms with Crippen molar-refractivity contribution in [1.82, 2.24) is 19.7 Å². The molecule has 2 aromatic heterocycles. The zero-order valence-corrected chi connectivity index (χ0v) is 15.2. The zero-order chi connectivity index (χ0) is 17.8. The van der Waals surface area contributed by atoms with E-state index in [4.69, 9.17) is 0 Å². The number of likely N-dealkylation sites (tertiary alicyclic amines) is 1. The molecule has 26 heavy (non-hydrogen) atoms. The zero-order valence-electron chi connectivity index (χ0n) is 15.2. The number of fused-ring (bicyclic) bond motifs is 1. The summed E-state index contributed by atoms with van der Waals surface area (Å²) in [6.45, 7) is 3.59. The number of nitrogens with zero attached hydrogens (tertiary/aromatic N) is 4. The Bertz CT molecular complexity index is 789. The van der Waals surface area contributed by atoms with Crippen molar-refractivity contribution < 1.29 is 0 Å². The van der Waals surface area contributed by atoms with Crippen LogP contribution in [0.4, 0.5) is 5.69 Å². The minimum atomic E-state index is 0.0501. The van der Waals surface area contributed by atoms with Crippen LogP contribution in [0.25, 0.3) is 0 Å². The van der Waals surface area contributed by atoms with Crippen LogP contribution < -0.4 is 10.9 Å². The molecule has 6 heteroatoms. The van der Waals surface area contributed by atoms with E-state index in [1.54, 1.807) is 10.7 Å². The lowest BCUT2D eigenvalue weighted by Gasteiger charge is -2.36. The van der Waals surface area contributed by atoms with Crippen LogP contribution in [0.5, 0.6) is 0 Å². The molecule has 0 spiro atoms. The molecule has 2 aliphatic rings. The number of anilines is 1. The highest BCUT2D eigenvalue weighted by molar-refractivity contribution is 5.40. The summed E-state index contributed by atoms with van der Waals surface area (Å²) in [5.74, 6) is 0. The highest BCUT2D eigenvalue weighted by Gasteiger charge is 2.22. The molecule has 0 radical (unpaired) electrons. The van der Waals surface area contributed by atoms with E-state index in [2.05, 4.69) is 20.3 Å². The number of aromatic nitrogens is 3. The average Bonchev–Trinajstić information content (AvgIpc) is 3.13. The second kappa shape index (κ2) is 7.99. The van der Waals surface area contributed by atoms with E-state index < -0.39 is 0 Å². The standard InChI is InChI=1S/C20H27N5O/c26-20-14-16-4-3-6-19(16)23-25(20)13-12-24-11-2-1-5-18(24)15-22-17-7-9-21-10-8-17/h7-10,14,18H,1-6,11-13,15H2,(H,21,22). The van der Waals surface area contributed by atoms with Crippen molar-refractivity contribution in [2.45, 2.75) is 51.1 Å². The molecule has 138 valence electrons. The highest BCUT2D eigenvalue weighted by atomic mass is 16.1. The molecule has 1 saturated heterocycles. The van der Waals surface area contributed by atoms with Crippen molar-refractivity contribution in [3.05, 3.63) is 52.2 Å². The molecule has 4 rings (SSSR count). The van der Waals surface area contributed by atoms with Crippen molar-refractivity contribution in [3.8, 4) is 0 Å².